The van der Waals surface area contributed by atoms with Crippen molar-refractivity contribution < 1.29 is 8.42 Å². The topological polar surface area (TPSA) is 91.9 Å². The van der Waals surface area contributed by atoms with E-state index in [0.717, 1.165) is 16.6 Å². The summed E-state index contributed by atoms with van der Waals surface area (Å²) in [6.07, 6.45) is 0.543. The van der Waals surface area contributed by atoms with Crippen molar-refractivity contribution in [2.24, 2.45) is 0 Å². The highest BCUT2D eigenvalue weighted by Gasteiger charge is 2.06. The number of aromatic nitrogens is 2. The minimum Gasteiger partial charge on any atom is -0.286 e. The van der Waals surface area contributed by atoms with Crippen LogP contribution < -0.4 is 10.3 Å². The van der Waals surface area contributed by atoms with Crippen LogP contribution in [0.25, 0.3) is 10.8 Å². The third-order valence-corrected chi connectivity index (χ3v) is 3.76. The van der Waals surface area contributed by atoms with Crippen LogP contribution in [0.15, 0.2) is 53.3 Å². The van der Waals surface area contributed by atoms with Gasteiger partial charge < -0.3 is 0 Å². The van der Waals surface area contributed by atoms with Crippen LogP contribution in [0.5, 0.6) is 0 Å². The molecule has 6 nitrogen and oxygen atoms in total. The average molecular weight is 352 g/mol. The summed E-state index contributed by atoms with van der Waals surface area (Å²) in [5, 5.41) is 8.05. The number of fused-ring (bicyclic) bond motifs is 1. The maximum Gasteiger partial charge on any atom is 0.272 e. The van der Waals surface area contributed by atoms with Crippen LogP contribution in [0.1, 0.15) is 11.3 Å². The SMILES string of the molecule is Cl.O=c1[nH]nc(Cc2ccc(N[SH](=O)=O)cc2)c2ccccc12. The van der Waals surface area contributed by atoms with Crippen LogP contribution in [-0.4, -0.2) is 18.6 Å². The van der Waals surface area contributed by atoms with E-state index < -0.39 is 10.9 Å². The fourth-order valence-electron chi connectivity index (χ4n) is 2.30. The summed E-state index contributed by atoms with van der Waals surface area (Å²) < 4.78 is 23.5. The first-order valence-electron chi connectivity index (χ1n) is 6.60. The molecule has 0 aliphatic rings. The van der Waals surface area contributed by atoms with Crippen LogP contribution in [-0.2, 0) is 17.3 Å². The number of thiol groups is 1. The molecule has 1 heterocycles. The molecule has 0 radical (unpaired) electrons. The molecule has 3 rings (SSSR count). The van der Waals surface area contributed by atoms with E-state index in [1.807, 2.05) is 30.3 Å². The van der Waals surface area contributed by atoms with E-state index in [-0.39, 0.29) is 18.0 Å². The molecule has 0 fully saturated rings. The van der Waals surface area contributed by atoms with Crippen molar-refractivity contribution in [2.75, 3.05) is 4.72 Å². The lowest BCUT2D eigenvalue weighted by molar-refractivity contribution is 0.619. The lowest BCUT2D eigenvalue weighted by atomic mass is 10.0. The zero-order valence-corrected chi connectivity index (χ0v) is 13.6. The van der Waals surface area contributed by atoms with Gasteiger partial charge in [-0.05, 0) is 23.8 Å². The van der Waals surface area contributed by atoms with E-state index in [0.29, 0.717) is 17.5 Å². The second-order valence-corrected chi connectivity index (χ2v) is 5.53. The summed E-state index contributed by atoms with van der Waals surface area (Å²) in [6.45, 7) is 0. The van der Waals surface area contributed by atoms with Gasteiger partial charge in [0.05, 0.1) is 11.1 Å². The molecule has 0 amide bonds. The quantitative estimate of drug-likeness (QED) is 0.626. The molecule has 0 unspecified atom stereocenters. The molecule has 1 aromatic heterocycles. The van der Waals surface area contributed by atoms with Crippen molar-refractivity contribution in [1.29, 1.82) is 0 Å². The molecule has 0 saturated carbocycles. The highest BCUT2D eigenvalue weighted by atomic mass is 35.5. The van der Waals surface area contributed by atoms with Crippen molar-refractivity contribution in [2.45, 2.75) is 6.42 Å². The first kappa shape index (κ1) is 17.0. The Bertz CT molecular complexity index is 944. The number of rotatable bonds is 4. The van der Waals surface area contributed by atoms with Crippen molar-refractivity contribution in [3.63, 3.8) is 0 Å². The highest BCUT2D eigenvalue weighted by Crippen LogP contribution is 2.17. The number of hydrogen-bond acceptors (Lipinski definition) is 4. The van der Waals surface area contributed by atoms with Crippen LogP contribution in [0.4, 0.5) is 5.69 Å². The fourth-order valence-corrected chi connectivity index (χ4v) is 2.66. The number of anilines is 1. The lowest BCUT2D eigenvalue weighted by Gasteiger charge is -2.06. The Balaban J connectivity index is 0.00000192. The first-order valence-corrected chi connectivity index (χ1v) is 7.77. The summed E-state index contributed by atoms with van der Waals surface area (Å²) >= 11 is 0. The summed E-state index contributed by atoms with van der Waals surface area (Å²) in [7, 11) is -2.66. The maximum atomic E-state index is 11.7. The molecule has 0 aliphatic heterocycles. The first-order chi connectivity index (χ1) is 10.6. The maximum absolute atomic E-state index is 11.7. The summed E-state index contributed by atoms with van der Waals surface area (Å²) in [6, 6.07) is 14.3. The van der Waals surface area contributed by atoms with Crippen LogP contribution in [0, 0.1) is 0 Å². The molecule has 0 bridgehead atoms. The molecule has 2 N–H and O–H groups in total. The summed E-state index contributed by atoms with van der Waals surface area (Å²) in [4.78, 5) is 11.7. The largest absolute Gasteiger partial charge is 0.286 e. The van der Waals surface area contributed by atoms with Gasteiger partial charge in [0.1, 0.15) is 0 Å². The van der Waals surface area contributed by atoms with Gasteiger partial charge in [-0.1, -0.05) is 30.3 Å². The smallest absolute Gasteiger partial charge is 0.272 e. The Morgan fingerprint density at radius 2 is 1.65 bits per heavy atom. The Hall–Kier alpha value is -2.38. The van der Waals surface area contributed by atoms with Gasteiger partial charge in [0.2, 0.25) is 10.9 Å². The van der Waals surface area contributed by atoms with E-state index in [9.17, 15) is 13.2 Å². The predicted molar refractivity (Wildman–Crippen MR) is 92.8 cm³/mol. The zero-order chi connectivity index (χ0) is 15.5. The van der Waals surface area contributed by atoms with Crippen LogP contribution in [0.2, 0.25) is 0 Å². The van der Waals surface area contributed by atoms with Gasteiger partial charge in [0.25, 0.3) is 5.56 Å². The van der Waals surface area contributed by atoms with E-state index in [1.165, 1.54) is 0 Å². The van der Waals surface area contributed by atoms with Crippen LogP contribution >= 0.6 is 12.4 Å². The monoisotopic (exact) mass is 351 g/mol. The lowest BCUT2D eigenvalue weighted by Crippen LogP contribution is -2.11. The Labute approximate surface area is 140 Å². The minimum absolute atomic E-state index is 0. The van der Waals surface area contributed by atoms with E-state index >= 15 is 0 Å². The average Bonchev–Trinajstić information content (AvgIpc) is 2.52. The molecule has 8 heteroatoms. The minimum atomic E-state index is -2.66. The molecule has 0 spiro atoms. The fraction of sp³-hybridized carbons (Fsp3) is 0.0667. The van der Waals surface area contributed by atoms with Gasteiger partial charge in [-0.2, -0.15) is 5.10 Å². The molecule has 120 valence electrons. The van der Waals surface area contributed by atoms with E-state index in [2.05, 4.69) is 14.9 Å². The third-order valence-electron chi connectivity index (χ3n) is 3.32. The Morgan fingerprint density at radius 3 is 2.30 bits per heavy atom. The number of nitrogens with one attached hydrogen (secondary N) is 2. The Kier molecular flexibility index (Phi) is 5.36. The zero-order valence-electron chi connectivity index (χ0n) is 11.9. The van der Waals surface area contributed by atoms with Crippen molar-refractivity contribution in [3.05, 3.63) is 70.1 Å². The van der Waals surface area contributed by atoms with Gasteiger partial charge in [-0.15, -0.1) is 12.4 Å². The number of H-pyrrole nitrogens is 1. The summed E-state index contributed by atoms with van der Waals surface area (Å²) in [5.41, 5.74) is 2.04. The van der Waals surface area contributed by atoms with E-state index in [4.69, 9.17) is 0 Å². The molecule has 23 heavy (non-hydrogen) atoms. The number of hydrogen-bond donors (Lipinski definition) is 3. The molecule has 3 aromatic rings. The second-order valence-electron chi connectivity index (χ2n) is 4.79. The molecule has 0 atom stereocenters. The van der Waals surface area contributed by atoms with Crippen molar-refractivity contribution >= 4 is 39.8 Å². The standard InChI is InChI=1S/C15H13N3O3S.ClH/c19-15-13-4-2-1-3-12(13)14(16-17-15)9-10-5-7-11(8-6-10)18-22(20)21;/h1-8,22H,9H2,(H,17,19)(H,18,20,21);1H. The number of nitrogens with zero attached hydrogens (tertiary/aromatic N) is 1. The molecule has 2 aromatic carbocycles. The summed E-state index contributed by atoms with van der Waals surface area (Å²) in [5.74, 6) is 0. The van der Waals surface area contributed by atoms with Gasteiger partial charge in [0, 0.05) is 17.5 Å². The molecule has 0 saturated heterocycles. The van der Waals surface area contributed by atoms with Gasteiger partial charge in [-0.3, -0.25) is 9.52 Å². The molecular formula is C15H14ClN3O3S. The normalized spacial score (nSPS) is 10.5. The van der Waals surface area contributed by atoms with Gasteiger partial charge in [-0.25, -0.2) is 13.5 Å². The molecular weight excluding hydrogens is 338 g/mol. The van der Waals surface area contributed by atoms with Gasteiger partial charge in [0.15, 0.2) is 0 Å². The highest BCUT2D eigenvalue weighted by molar-refractivity contribution is 7.73. The predicted octanol–water partition coefficient (Wildman–Crippen LogP) is 1.87. The van der Waals surface area contributed by atoms with Crippen molar-refractivity contribution in [1.82, 2.24) is 10.2 Å². The number of benzene rings is 2. The van der Waals surface area contributed by atoms with Crippen molar-refractivity contribution in [3.8, 4) is 0 Å². The number of aromatic amines is 1. The number of halogens is 1. The molecule has 0 aliphatic carbocycles. The second kappa shape index (κ2) is 7.26. The third kappa shape index (κ3) is 3.88. The Morgan fingerprint density at radius 1 is 1.00 bits per heavy atom. The van der Waals surface area contributed by atoms with Gasteiger partial charge >= 0.3 is 0 Å². The van der Waals surface area contributed by atoms with E-state index in [1.54, 1.807) is 18.2 Å². The van der Waals surface area contributed by atoms with Crippen LogP contribution in [0.3, 0.4) is 0 Å².